The molecule has 2 aliphatic carbocycles. The van der Waals surface area contributed by atoms with Crippen LogP contribution in [0.25, 0.3) is 11.1 Å². The smallest absolute Gasteiger partial charge is 0.407 e. The molecule has 2 aliphatic rings. The summed E-state index contributed by atoms with van der Waals surface area (Å²) in [5.41, 5.74) is 3.66. The van der Waals surface area contributed by atoms with Crippen molar-refractivity contribution >= 4 is 18.0 Å². The third kappa shape index (κ3) is 4.87. The molecule has 174 valence electrons. The Morgan fingerprint density at radius 2 is 1.61 bits per heavy atom. The zero-order valence-corrected chi connectivity index (χ0v) is 19.0. The summed E-state index contributed by atoms with van der Waals surface area (Å²) < 4.78 is 5.60. The van der Waals surface area contributed by atoms with Crippen LogP contribution in [0.2, 0.25) is 0 Å². The van der Waals surface area contributed by atoms with Crippen molar-refractivity contribution in [1.29, 1.82) is 0 Å². The molecular weight excluding hydrogens is 420 g/mol. The van der Waals surface area contributed by atoms with Gasteiger partial charge in [0.1, 0.15) is 6.61 Å². The van der Waals surface area contributed by atoms with Gasteiger partial charge < -0.3 is 20.5 Å². The number of carbonyl (C=O) groups excluding carboxylic acids is 2. The summed E-state index contributed by atoms with van der Waals surface area (Å²) in [7, 11) is 0. The second-order valence-electron chi connectivity index (χ2n) is 9.58. The largest absolute Gasteiger partial charge is 0.481 e. The van der Waals surface area contributed by atoms with Crippen molar-refractivity contribution in [3.05, 3.63) is 59.7 Å². The highest BCUT2D eigenvalue weighted by molar-refractivity contribution is 5.81. The minimum absolute atomic E-state index is 0.00263. The van der Waals surface area contributed by atoms with Gasteiger partial charge in [0.05, 0.1) is 5.41 Å². The fourth-order valence-corrected chi connectivity index (χ4v) is 4.69. The highest BCUT2D eigenvalue weighted by Crippen LogP contribution is 2.44. The van der Waals surface area contributed by atoms with E-state index >= 15 is 0 Å². The fraction of sp³-hybridized carbons (Fsp3) is 0.423. The van der Waals surface area contributed by atoms with Crippen LogP contribution in [0.3, 0.4) is 0 Å². The summed E-state index contributed by atoms with van der Waals surface area (Å²) in [6, 6.07) is 16.2. The van der Waals surface area contributed by atoms with E-state index in [2.05, 4.69) is 34.9 Å². The van der Waals surface area contributed by atoms with Crippen LogP contribution < -0.4 is 10.6 Å². The molecule has 1 saturated carbocycles. The predicted octanol–water partition coefficient (Wildman–Crippen LogP) is 3.92. The summed E-state index contributed by atoms with van der Waals surface area (Å²) in [6.45, 7) is 3.47. The van der Waals surface area contributed by atoms with E-state index in [1.54, 1.807) is 13.8 Å². The Labute approximate surface area is 193 Å². The molecule has 2 aromatic rings. The Morgan fingerprint density at radius 1 is 1.00 bits per heavy atom. The Balaban J connectivity index is 1.28. The lowest BCUT2D eigenvalue weighted by Gasteiger charge is -2.21. The number of amides is 2. The Hall–Kier alpha value is -3.35. The first kappa shape index (κ1) is 22.8. The van der Waals surface area contributed by atoms with Crippen molar-refractivity contribution in [3.63, 3.8) is 0 Å². The first-order valence-corrected chi connectivity index (χ1v) is 11.4. The van der Waals surface area contributed by atoms with Gasteiger partial charge in [-0.2, -0.15) is 0 Å². The SMILES string of the molecule is CC(C)(CNC(=O)[C@@H]1CC[C@H](NC(=O)OCC2c3ccccc3-c3ccccc32)C1)C(=O)O. The second kappa shape index (κ2) is 9.25. The van der Waals surface area contributed by atoms with Crippen LogP contribution >= 0.6 is 0 Å². The summed E-state index contributed by atoms with van der Waals surface area (Å²) in [4.78, 5) is 36.1. The summed E-state index contributed by atoms with van der Waals surface area (Å²) in [6.07, 6.45) is 1.37. The number of nitrogens with one attached hydrogen (secondary N) is 2. The van der Waals surface area contributed by atoms with Crippen molar-refractivity contribution in [1.82, 2.24) is 10.6 Å². The molecule has 0 heterocycles. The number of alkyl carbamates (subject to hydrolysis) is 1. The molecule has 2 atom stereocenters. The number of aliphatic carboxylic acids is 1. The Bertz CT molecular complexity index is 1020. The molecule has 0 radical (unpaired) electrons. The predicted molar refractivity (Wildman–Crippen MR) is 124 cm³/mol. The van der Waals surface area contributed by atoms with Gasteiger partial charge >= 0.3 is 12.1 Å². The summed E-state index contributed by atoms with van der Waals surface area (Å²) in [5.74, 6) is -1.36. The van der Waals surface area contributed by atoms with Crippen molar-refractivity contribution in [2.75, 3.05) is 13.2 Å². The van der Waals surface area contributed by atoms with Crippen molar-refractivity contribution in [3.8, 4) is 11.1 Å². The number of ether oxygens (including phenoxy) is 1. The number of fused-ring (bicyclic) bond motifs is 3. The molecule has 7 nitrogen and oxygen atoms in total. The number of carbonyl (C=O) groups is 3. The van der Waals surface area contributed by atoms with E-state index < -0.39 is 17.5 Å². The number of hydrogen-bond acceptors (Lipinski definition) is 4. The number of benzene rings is 2. The van der Waals surface area contributed by atoms with Crippen LogP contribution in [0.15, 0.2) is 48.5 Å². The maximum absolute atomic E-state index is 12.5. The van der Waals surface area contributed by atoms with E-state index in [0.717, 1.165) is 11.1 Å². The van der Waals surface area contributed by atoms with Gasteiger partial charge in [-0.15, -0.1) is 0 Å². The van der Waals surface area contributed by atoms with Crippen molar-refractivity contribution in [2.45, 2.75) is 45.1 Å². The molecule has 4 rings (SSSR count). The maximum atomic E-state index is 12.5. The molecule has 2 aromatic carbocycles. The minimum Gasteiger partial charge on any atom is -0.481 e. The molecule has 33 heavy (non-hydrogen) atoms. The first-order chi connectivity index (χ1) is 15.8. The first-order valence-electron chi connectivity index (χ1n) is 11.4. The van der Waals surface area contributed by atoms with Gasteiger partial charge in [-0.25, -0.2) is 4.79 Å². The normalized spacial score (nSPS) is 19.5. The van der Waals surface area contributed by atoms with Crippen LogP contribution in [0, 0.1) is 11.3 Å². The number of carboxylic acids is 1. The van der Waals surface area contributed by atoms with Gasteiger partial charge in [-0.3, -0.25) is 9.59 Å². The molecule has 3 N–H and O–H groups in total. The van der Waals surface area contributed by atoms with Crippen LogP contribution in [0.1, 0.15) is 50.2 Å². The molecule has 0 saturated heterocycles. The zero-order chi connectivity index (χ0) is 23.6. The lowest BCUT2D eigenvalue weighted by atomic mass is 9.93. The monoisotopic (exact) mass is 450 g/mol. The molecule has 0 aliphatic heterocycles. The molecule has 0 unspecified atom stereocenters. The summed E-state index contributed by atoms with van der Waals surface area (Å²) in [5, 5.41) is 14.8. The summed E-state index contributed by atoms with van der Waals surface area (Å²) >= 11 is 0. The fourth-order valence-electron chi connectivity index (χ4n) is 4.69. The topological polar surface area (TPSA) is 105 Å². The van der Waals surface area contributed by atoms with E-state index in [1.165, 1.54) is 11.1 Å². The molecule has 0 bridgehead atoms. The minimum atomic E-state index is -1.02. The molecule has 1 fully saturated rings. The van der Waals surface area contributed by atoms with E-state index in [4.69, 9.17) is 4.74 Å². The van der Waals surface area contributed by atoms with Gasteiger partial charge in [0.2, 0.25) is 5.91 Å². The highest BCUT2D eigenvalue weighted by atomic mass is 16.5. The van der Waals surface area contributed by atoms with E-state index in [-0.39, 0.29) is 36.9 Å². The van der Waals surface area contributed by atoms with Crippen molar-refractivity contribution < 1.29 is 24.2 Å². The molecule has 7 heteroatoms. The van der Waals surface area contributed by atoms with Gasteiger partial charge in [-0.05, 0) is 55.4 Å². The van der Waals surface area contributed by atoms with Crippen molar-refractivity contribution in [2.24, 2.45) is 11.3 Å². The van der Waals surface area contributed by atoms with Gasteiger partial charge in [-0.1, -0.05) is 48.5 Å². The van der Waals surface area contributed by atoms with E-state index in [1.807, 2.05) is 24.3 Å². The van der Waals surface area contributed by atoms with E-state index in [9.17, 15) is 19.5 Å². The quantitative estimate of drug-likeness (QED) is 0.593. The van der Waals surface area contributed by atoms with Gasteiger partial charge in [0.25, 0.3) is 0 Å². The molecular formula is C26H30N2O5. The average molecular weight is 451 g/mol. The number of carboxylic acid groups (broad SMARTS) is 1. The number of rotatable bonds is 7. The third-order valence-electron chi connectivity index (χ3n) is 6.75. The zero-order valence-electron chi connectivity index (χ0n) is 19.0. The van der Waals surface area contributed by atoms with Gasteiger partial charge in [0, 0.05) is 24.4 Å². The third-order valence-corrected chi connectivity index (χ3v) is 6.75. The second-order valence-corrected chi connectivity index (χ2v) is 9.58. The van der Waals surface area contributed by atoms with Crippen LogP contribution in [0.5, 0.6) is 0 Å². The Morgan fingerprint density at radius 3 is 2.21 bits per heavy atom. The van der Waals surface area contributed by atoms with Gasteiger partial charge in [0.15, 0.2) is 0 Å². The maximum Gasteiger partial charge on any atom is 0.407 e. The molecule has 2 amide bonds. The highest BCUT2D eigenvalue weighted by Gasteiger charge is 2.34. The average Bonchev–Trinajstić information content (AvgIpc) is 3.39. The Kier molecular flexibility index (Phi) is 6.40. The standard InChI is InChI=1S/C26H30N2O5/c1-26(2,24(30)31)15-27-23(29)16-11-12-17(13-16)28-25(32)33-14-22-20-9-5-3-7-18(20)19-8-4-6-10-21(19)22/h3-10,16-17,22H,11-15H2,1-2H3,(H,27,29)(H,28,32)(H,30,31)/t16-,17+/m1/s1. The van der Waals surface area contributed by atoms with Crippen LogP contribution in [-0.4, -0.2) is 42.3 Å². The lowest BCUT2D eigenvalue weighted by Crippen LogP contribution is -2.41. The molecule has 0 spiro atoms. The molecule has 0 aromatic heterocycles. The van der Waals surface area contributed by atoms with Crippen LogP contribution in [-0.2, 0) is 14.3 Å². The lowest BCUT2D eigenvalue weighted by molar-refractivity contribution is -0.146. The van der Waals surface area contributed by atoms with E-state index in [0.29, 0.717) is 19.3 Å². The van der Waals surface area contributed by atoms with Crippen LogP contribution in [0.4, 0.5) is 4.79 Å². The number of hydrogen-bond donors (Lipinski definition) is 3.